The molecule has 4 nitrogen and oxygen atoms in total. The Hall–Kier alpha value is -1.52. The van der Waals surface area contributed by atoms with Gasteiger partial charge in [0.1, 0.15) is 0 Å². The molecule has 5 rings (SSSR count). The van der Waals surface area contributed by atoms with Crippen molar-refractivity contribution in [3.63, 3.8) is 0 Å². The van der Waals surface area contributed by atoms with Crippen molar-refractivity contribution in [2.24, 2.45) is 11.3 Å². The normalized spacial score (nSPS) is 25.4. The number of rotatable bonds is 5. The number of amides is 1. The van der Waals surface area contributed by atoms with Crippen LogP contribution >= 0.6 is 11.6 Å². The fourth-order valence-electron chi connectivity index (χ4n) is 4.71. The molecule has 0 spiro atoms. The number of aliphatic hydroxyl groups excluding tert-OH is 1. The fraction of sp³-hybridized carbons (Fsp3) is 0.550. The van der Waals surface area contributed by atoms with Crippen LogP contribution in [-0.2, 0) is 6.54 Å². The molecule has 1 aromatic carbocycles. The first-order valence-electron chi connectivity index (χ1n) is 9.28. The maximum atomic E-state index is 12.9. The van der Waals surface area contributed by atoms with Crippen LogP contribution in [0.5, 0.6) is 0 Å². The zero-order valence-corrected chi connectivity index (χ0v) is 15.2. The quantitative estimate of drug-likeness (QED) is 0.847. The van der Waals surface area contributed by atoms with Crippen molar-refractivity contribution in [2.75, 3.05) is 13.2 Å². The zero-order valence-electron chi connectivity index (χ0n) is 14.4. The van der Waals surface area contributed by atoms with Crippen molar-refractivity contribution >= 4 is 28.4 Å². The largest absolute Gasteiger partial charge is 0.395 e. The summed E-state index contributed by atoms with van der Waals surface area (Å²) in [6, 6.07) is 5.56. The van der Waals surface area contributed by atoms with E-state index in [0.29, 0.717) is 22.5 Å². The number of nitrogens with one attached hydrogen (secondary N) is 1. The van der Waals surface area contributed by atoms with Gasteiger partial charge in [0.25, 0.3) is 5.91 Å². The summed E-state index contributed by atoms with van der Waals surface area (Å²) in [5, 5.41) is 14.0. The third-order valence-electron chi connectivity index (χ3n) is 6.30. The predicted octanol–water partition coefficient (Wildman–Crippen LogP) is 3.99. The van der Waals surface area contributed by atoms with Gasteiger partial charge in [0, 0.05) is 29.7 Å². The monoisotopic (exact) mass is 360 g/mol. The molecule has 1 aromatic heterocycles. The van der Waals surface area contributed by atoms with Gasteiger partial charge in [-0.2, -0.15) is 0 Å². The van der Waals surface area contributed by atoms with Gasteiger partial charge in [0.15, 0.2) is 0 Å². The molecule has 1 heterocycles. The van der Waals surface area contributed by atoms with Gasteiger partial charge < -0.3 is 15.0 Å². The highest BCUT2D eigenvalue weighted by Gasteiger charge is 2.40. The van der Waals surface area contributed by atoms with Crippen LogP contribution in [0.1, 0.15) is 48.9 Å². The second-order valence-electron chi connectivity index (χ2n) is 7.79. The summed E-state index contributed by atoms with van der Waals surface area (Å²) >= 11 is 6.11. The van der Waals surface area contributed by atoms with Crippen LogP contribution in [0, 0.1) is 11.3 Å². The molecule has 3 fully saturated rings. The van der Waals surface area contributed by atoms with Crippen LogP contribution in [0.25, 0.3) is 10.9 Å². The molecule has 3 aliphatic rings. The first-order valence-corrected chi connectivity index (χ1v) is 9.65. The lowest BCUT2D eigenvalue weighted by molar-refractivity contribution is 0.0598. The van der Waals surface area contributed by atoms with Gasteiger partial charge in [-0.1, -0.05) is 17.7 Å². The molecule has 0 unspecified atom stereocenters. The first-order chi connectivity index (χ1) is 12.1. The van der Waals surface area contributed by atoms with Gasteiger partial charge in [-0.3, -0.25) is 4.79 Å². The molecule has 25 heavy (non-hydrogen) atoms. The number of nitrogens with zero attached hydrogens (tertiary/aromatic N) is 1. The Morgan fingerprint density at radius 2 is 2.00 bits per heavy atom. The molecule has 1 amide bonds. The molecule has 2 N–H and O–H groups in total. The number of hydrogen-bond acceptors (Lipinski definition) is 2. The highest BCUT2D eigenvalue weighted by molar-refractivity contribution is 6.31. The number of halogens is 1. The van der Waals surface area contributed by atoms with E-state index in [4.69, 9.17) is 11.6 Å². The van der Waals surface area contributed by atoms with Gasteiger partial charge >= 0.3 is 0 Å². The number of aliphatic hydroxyl groups is 1. The molecular formula is C20H25ClN2O2. The van der Waals surface area contributed by atoms with Gasteiger partial charge in [0.2, 0.25) is 0 Å². The number of carbonyl (C=O) groups excluding carboxylic acids is 1. The highest BCUT2D eigenvalue weighted by Crippen LogP contribution is 2.49. The SMILES string of the molecule is O=C(NCC12CCC(CC1)CC2)c1cn(CCO)c2cc(Cl)ccc12. The van der Waals surface area contributed by atoms with E-state index < -0.39 is 0 Å². The smallest absolute Gasteiger partial charge is 0.253 e. The lowest BCUT2D eigenvalue weighted by atomic mass is 9.61. The third-order valence-corrected chi connectivity index (χ3v) is 6.54. The Morgan fingerprint density at radius 3 is 2.68 bits per heavy atom. The van der Waals surface area contributed by atoms with E-state index in [1.165, 1.54) is 38.5 Å². The van der Waals surface area contributed by atoms with Gasteiger partial charge in [-0.15, -0.1) is 0 Å². The highest BCUT2D eigenvalue weighted by atomic mass is 35.5. The van der Waals surface area contributed by atoms with Crippen LogP contribution < -0.4 is 5.32 Å². The van der Waals surface area contributed by atoms with Crippen molar-refractivity contribution in [3.8, 4) is 0 Å². The fourth-order valence-corrected chi connectivity index (χ4v) is 4.87. The van der Waals surface area contributed by atoms with E-state index >= 15 is 0 Å². The Kier molecular flexibility index (Phi) is 4.50. The van der Waals surface area contributed by atoms with E-state index in [0.717, 1.165) is 23.4 Å². The molecule has 0 atom stereocenters. The predicted molar refractivity (Wildman–Crippen MR) is 100.0 cm³/mol. The molecule has 3 saturated carbocycles. The van der Waals surface area contributed by atoms with Crippen molar-refractivity contribution in [3.05, 3.63) is 35.0 Å². The molecule has 3 aliphatic carbocycles. The third kappa shape index (κ3) is 3.18. The molecule has 2 bridgehead atoms. The summed E-state index contributed by atoms with van der Waals surface area (Å²) in [5.41, 5.74) is 1.88. The summed E-state index contributed by atoms with van der Waals surface area (Å²) in [7, 11) is 0. The number of carbonyl (C=O) groups is 1. The second-order valence-corrected chi connectivity index (χ2v) is 8.22. The minimum Gasteiger partial charge on any atom is -0.395 e. The standard InChI is InChI=1S/C20H25ClN2O2/c21-15-1-2-16-17(12-23(9-10-24)18(16)11-15)19(25)22-13-20-6-3-14(4-7-20)5-8-20/h1-2,11-12,14,24H,3-10,13H2,(H,22,25). The van der Waals surface area contributed by atoms with Crippen LogP contribution in [-0.4, -0.2) is 28.7 Å². The average Bonchev–Trinajstić information content (AvgIpc) is 3.00. The second kappa shape index (κ2) is 6.65. The number of aromatic nitrogens is 1. The Bertz CT molecular complexity index is 777. The van der Waals surface area contributed by atoms with Crippen LogP contribution in [0.3, 0.4) is 0 Å². The lowest BCUT2D eigenvalue weighted by Crippen LogP contribution is -2.43. The summed E-state index contributed by atoms with van der Waals surface area (Å²) in [6.07, 6.45) is 9.56. The van der Waals surface area contributed by atoms with Crippen LogP contribution in [0.15, 0.2) is 24.4 Å². The minimum atomic E-state index is -0.0221. The lowest BCUT2D eigenvalue weighted by Gasteiger charge is -2.46. The Balaban J connectivity index is 1.55. The average molecular weight is 361 g/mol. The first kappa shape index (κ1) is 16.9. The van der Waals surface area contributed by atoms with Crippen molar-refractivity contribution in [1.82, 2.24) is 9.88 Å². The molecular weight excluding hydrogens is 336 g/mol. The zero-order chi connectivity index (χ0) is 17.4. The summed E-state index contributed by atoms with van der Waals surface area (Å²) in [4.78, 5) is 12.9. The molecule has 0 aliphatic heterocycles. The summed E-state index contributed by atoms with van der Waals surface area (Å²) < 4.78 is 1.90. The van der Waals surface area contributed by atoms with Crippen LogP contribution in [0.4, 0.5) is 0 Å². The van der Waals surface area contributed by atoms with Crippen molar-refractivity contribution < 1.29 is 9.90 Å². The van der Waals surface area contributed by atoms with E-state index in [1.54, 1.807) is 0 Å². The van der Waals surface area contributed by atoms with E-state index in [1.807, 2.05) is 29.0 Å². The maximum absolute atomic E-state index is 12.9. The maximum Gasteiger partial charge on any atom is 0.253 e. The number of fused-ring (bicyclic) bond motifs is 4. The molecule has 0 radical (unpaired) electrons. The van der Waals surface area contributed by atoms with E-state index in [9.17, 15) is 9.90 Å². The van der Waals surface area contributed by atoms with E-state index in [-0.39, 0.29) is 12.5 Å². The summed E-state index contributed by atoms with van der Waals surface area (Å²) in [5.74, 6) is 0.907. The van der Waals surface area contributed by atoms with Gasteiger partial charge in [-0.05, 0) is 62.0 Å². The molecule has 134 valence electrons. The molecule has 0 saturated heterocycles. The Labute approximate surface area is 153 Å². The minimum absolute atomic E-state index is 0.0221. The number of hydrogen-bond donors (Lipinski definition) is 2. The topological polar surface area (TPSA) is 54.3 Å². The Morgan fingerprint density at radius 1 is 1.28 bits per heavy atom. The van der Waals surface area contributed by atoms with Gasteiger partial charge in [0.05, 0.1) is 17.7 Å². The molecule has 2 aromatic rings. The van der Waals surface area contributed by atoms with Crippen molar-refractivity contribution in [1.29, 1.82) is 0 Å². The van der Waals surface area contributed by atoms with Crippen LogP contribution in [0.2, 0.25) is 5.02 Å². The number of benzene rings is 1. The van der Waals surface area contributed by atoms with Gasteiger partial charge in [-0.25, -0.2) is 0 Å². The van der Waals surface area contributed by atoms with Crippen molar-refractivity contribution in [2.45, 2.75) is 45.1 Å². The molecule has 5 heteroatoms. The van der Waals surface area contributed by atoms with E-state index in [2.05, 4.69) is 5.32 Å². The summed E-state index contributed by atoms with van der Waals surface area (Å²) in [6.45, 7) is 1.26.